The summed E-state index contributed by atoms with van der Waals surface area (Å²) in [5.74, 6) is 2.17. The van der Waals surface area contributed by atoms with E-state index in [0.717, 1.165) is 22.4 Å². The first kappa shape index (κ1) is 16.7. The summed E-state index contributed by atoms with van der Waals surface area (Å²) >= 11 is 0. The minimum atomic E-state index is -0.279. The molecule has 1 aliphatic rings. The fourth-order valence-corrected chi connectivity index (χ4v) is 3.26. The van der Waals surface area contributed by atoms with Crippen LogP contribution in [0, 0.1) is 5.82 Å². The third-order valence-electron chi connectivity index (χ3n) is 4.93. The molecule has 28 heavy (non-hydrogen) atoms. The van der Waals surface area contributed by atoms with Crippen LogP contribution >= 0.6 is 0 Å². The van der Waals surface area contributed by atoms with E-state index in [1.807, 2.05) is 13.1 Å². The predicted octanol–water partition coefficient (Wildman–Crippen LogP) is 3.47. The van der Waals surface area contributed by atoms with Gasteiger partial charge >= 0.3 is 0 Å². The van der Waals surface area contributed by atoms with E-state index in [9.17, 15) is 4.39 Å². The Morgan fingerprint density at radius 3 is 2.96 bits per heavy atom. The molecule has 0 spiro atoms. The highest BCUT2D eigenvalue weighted by Gasteiger charge is 2.25. The fraction of sp³-hybridized carbons (Fsp3) is 0.263. The summed E-state index contributed by atoms with van der Waals surface area (Å²) in [6, 6.07) is 6.91. The molecule has 3 aromatic heterocycles. The molecule has 142 valence electrons. The summed E-state index contributed by atoms with van der Waals surface area (Å²) in [5.41, 5.74) is 2.50. The van der Waals surface area contributed by atoms with Crippen LogP contribution in [0.15, 0.2) is 36.7 Å². The van der Waals surface area contributed by atoms with Crippen molar-refractivity contribution < 1.29 is 4.39 Å². The van der Waals surface area contributed by atoms with Crippen molar-refractivity contribution in [2.75, 3.05) is 17.3 Å². The van der Waals surface area contributed by atoms with Crippen molar-refractivity contribution in [3.05, 3.63) is 53.7 Å². The Bertz CT molecular complexity index is 1130. The van der Waals surface area contributed by atoms with Crippen molar-refractivity contribution in [2.45, 2.75) is 25.3 Å². The molecular formula is C19H19FN8. The van der Waals surface area contributed by atoms with E-state index in [1.54, 1.807) is 29.4 Å². The third kappa shape index (κ3) is 3.15. The first-order valence-electron chi connectivity index (χ1n) is 9.14. The van der Waals surface area contributed by atoms with E-state index in [0.29, 0.717) is 29.8 Å². The molecule has 0 unspecified atom stereocenters. The monoisotopic (exact) mass is 378 g/mol. The predicted molar refractivity (Wildman–Crippen MR) is 104 cm³/mol. The maximum Gasteiger partial charge on any atom is 0.227 e. The highest BCUT2D eigenvalue weighted by Crippen LogP contribution is 2.39. The molecule has 0 atom stereocenters. The average Bonchev–Trinajstić information content (AvgIpc) is 3.25. The van der Waals surface area contributed by atoms with E-state index in [1.165, 1.54) is 18.9 Å². The molecule has 5 rings (SSSR count). The zero-order valence-corrected chi connectivity index (χ0v) is 15.3. The normalized spacial score (nSPS) is 13.8. The van der Waals surface area contributed by atoms with Crippen molar-refractivity contribution in [3.8, 4) is 0 Å². The zero-order chi connectivity index (χ0) is 19.1. The maximum absolute atomic E-state index is 14.4. The van der Waals surface area contributed by atoms with Crippen LogP contribution in [0.1, 0.15) is 30.0 Å². The molecule has 0 bridgehead atoms. The van der Waals surface area contributed by atoms with Crippen LogP contribution in [0.4, 0.5) is 22.0 Å². The SMILES string of the molecule is CN(Cc1c(F)ccc2[nH]ncc12)c1nccc(Nc2cc(C3CC3)[nH]n2)n1. The molecule has 0 saturated heterocycles. The number of hydrogen-bond donors (Lipinski definition) is 3. The molecular weight excluding hydrogens is 359 g/mol. The summed E-state index contributed by atoms with van der Waals surface area (Å²) in [5, 5.41) is 18.2. The number of aromatic nitrogens is 6. The number of benzene rings is 1. The molecule has 1 saturated carbocycles. The first-order chi connectivity index (χ1) is 13.7. The van der Waals surface area contributed by atoms with Gasteiger partial charge in [-0.3, -0.25) is 10.2 Å². The van der Waals surface area contributed by atoms with Crippen LogP contribution in [0.3, 0.4) is 0 Å². The molecule has 0 radical (unpaired) electrons. The fourth-order valence-electron chi connectivity index (χ4n) is 3.26. The van der Waals surface area contributed by atoms with Gasteiger partial charge in [-0.25, -0.2) is 9.37 Å². The van der Waals surface area contributed by atoms with Gasteiger partial charge in [0.05, 0.1) is 11.7 Å². The van der Waals surface area contributed by atoms with Crippen LogP contribution < -0.4 is 10.2 Å². The van der Waals surface area contributed by atoms with E-state index < -0.39 is 0 Å². The Labute approximate surface area is 160 Å². The second-order valence-electron chi connectivity index (χ2n) is 7.06. The standard InChI is InChI=1S/C19H19FN8/c1-28(10-13-12-9-22-25-15(12)5-4-14(13)20)19-21-7-6-17(24-19)23-18-8-16(26-27-18)11-2-3-11/h4-9,11H,2-3,10H2,1H3,(H,22,25)(H2,21,23,24,26,27). The molecule has 4 aromatic rings. The summed E-state index contributed by atoms with van der Waals surface area (Å²) in [7, 11) is 1.83. The topological polar surface area (TPSA) is 98.4 Å². The lowest BCUT2D eigenvalue weighted by molar-refractivity contribution is 0.610. The van der Waals surface area contributed by atoms with Gasteiger partial charge in [0.1, 0.15) is 11.6 Å². The smallest absolute Gasteiger partial charge is 0.227 e. The molecule has 1 aliphatic carbocycles. The number of halogens is 1. The van der Waals surface area contributed by atoms with Crippen LogP contribution in [-0.4, -0.2) is 37.4 Å². The number of nitrogens with one attached hydrogen (secondary N) is 3. The molecule has 3 heterocycles. The van der Waals surface area contributed by atoms with Gasteiger partial charge in [0.2, 0.25) is 5.95 Å². The second-order valence-corrected chi connectivity index (χ2v) is 7.06. The lowest BCUT2D eigenvalue weighted by atomic mass is 10.1. The number of aromatic amines is 2. The maximum atomic E-state index is 14.4. The van der Waals surface area contributed by atoms with Gasteiger partial charge < -0.3 is 10.2 Å². The van der Waals surface area contributed by atoms with Gasteiger partial charge in [0, 0.05) is 48.4 Å². The number of anilines is 3. The van der Waals surface area contributed by atoms with Crippen LogP contribution in [-0.2, 0) is 6.54 Å². The summed E-state index contributed by atoms with van der Waals surface area (Å²) in [6.45, 7) is 0.320. The number of H-pyrrole nitrogens is 2. The van der Waals surface area contributed by atoms with Crippen molar-refractivity contribution in [1.29, 1.82) is 0 Å². The minimum absolute atomic E-state index is 0.279. The third-order valence-corrected chi connectivity index (χ3v) is 4.93. The number of rotatable bonds is 6. The highest BCUT2D eigenvalue weighted by atomic mass is 19.1. The van der Waals surface area contributed by atoms with Gasteiger partial charge in [-0.2, -0.15) is 15.2 Å². The summed E-state index contributed by atoms with van der Waals surface area (Å²) in [6.07, 6.45) is 5.73. The van der Waals surface area contributed by atoms with Crippen molar-refractivity contribution in [2.24, 2.45) is 0 Å². The molecule has 0 aliphatic heterocycles. The van der Waals surface area contributed by atoms with Crippen LogP contribution in [0.2, 0.25) is 0 Å². The highest BCUT2D eigenvalue weighted by molar-refractivity contribution is 5.82. The Morgan fingerprint density at radius 1 is 1.21 bits per heavy atom. The number of hydrogen-bond acceptors (Lipinski definition) is 6. The molecule has 8 nitrogen and oxygen atoms in total. The van der Waals surface area contributed by atoms with E-state index >= 15 is 0 Å². The lowest BCUT2D eigenvalue weighted by Crippen LogP contribution is -2.20. The van der Waals surface area contributed by atoms with E-state index in [-0.39, 0.29) is 5.82 Å². The van der Waals surface area contributed by atoms with Gasteiger partial charge in [-0.1, -0.05) is 0 Å². The number of nitrogens with zero attached hydrogens (tertiary/aromatic N) is 5. The van der Waals surface area contributed by atoms with Gasteiger partial charge in [0.15, 0.2) is 5.82 Å². The molecule has 1 aromatic carbocycles. The van der Waals surface area contributed by atoms with Gasteiger partial charge in [-0.15, -0.1) is 0 Å². The van der Waals surface area contributed by atoms with Gasteiger partial charge in [-0.05, 0) is 31.0 Å². The first-order valence-corrected chi connectivity index (χ1v) is 9.14. The van der Waals surface area contributed by atoms with Crippen molar-refractivity contribution >= 4 is 28.5 Å². The Morgan fingerprint density at radius 2 is 2.11 bits per heavy atom. The minimum Gasteiger partial charge on any atom is -0.339 e. The quantitative estimate of drug-likeness (QED) is 0.475. The molecule has 9 heteroatoms. The Kier molecular flexibility index (Phi) is 3.92. The molecule has 3 N–H and O–H groups in total. The molecule has 1 fully saturated rings. The largest absolute Gasteiger partial charge is 0.339 e. The zero-order valence-electron chi connectivity index (χ0n) is 15.3. The van der Waals surface area contributed by atoms with Gasteiger partial charge in [0.25, 0.3) is 0 Å². The lowest BCUT2D eigenvalue weighted by Gasteiger charge is -2.18. The van der Waals surface area contributed by atoms with Crippen molar-refractivity contribution in [3.63, 3.8) is 0 Å². The average molecular weight is 378 g/mol. The van der Waals surface area contributed by atoms with E-state index in [4.69, 9.17) is 0 Å². The Hall–Kier alpha value is -3.49. The summed E-state index contributed by atoms with van der Waals surface area (Å²) < 4.78 is 14.4. The number of fused-ring (bicyclic) bond motifs is 1. The molecule has 0 amide bonds. The van der Waals surface area contributed by atoms with Crippen LogP contribution in [0.25, 0.3) is 10.9 Å². The Balaban J connectivity index is 1.36. The second kappa shape index (κ2) is 6.59. The summed E-state index contributed by atoms with van der Waals surface area (Å²) in [4.78, 5) is 10.7. The van der Waals surface area contributed by atoms with E-state index in [2.05, 4.69) is 35.7 Å². The van der Waals surface area contributed by atoms with Crippen LogP contribution in [0.5, 0.6) is 0 Å². The van der Waals surface area contributed by atoms with Crippen molar-refractivity contribution in [1.82, 2.24) is 30.4 Å².